The number of aromatic hydroxyl groups is 2. The lowest BCUT2D eigenvalue weighted by Crippen LogP contribution is -2.49. The Labute approximate surface area is 185 Å². The number of aliphatic hydroxyl groups is 3. The van der Waals surface area contributed by atoms with Crippen LogP contribution in [0, 0.1) is 0 Å². The van der Waals surface area contributed by atoms with Gasteiger partial charge in [-0.15, -0.1) is 0 Å². The zero-order valence-electron chi connectivity index (χ0n) is 17.3. The lowest BCUT2D eigenvalue weighted by atomic mass is 9.78. The van der Waals surface area contributed by atoms with E-state index >= 15 is 0 Å². The third-order valence-corrected chi connectivity index (χ3v) is 6.44. The quantitative estimate of drug-likeness (QED) is 0.222. The molecule has 0 aromatic heterocycles. The van der Waals surface area contributed by atoms with E-state index in [2.05, 4.69) is 0 Å². The Morgan fingerprint density at radius 2 is 1.52 bits per heavy atom. The van der Waals surface area contributed by atoms with E-state index in [4.69, 9.17) is 18.9 Å². The zero-order chi connectivity index (χ0) is 23.9. The first kappa shape index (κ1) is 21.6. The highest BCUT2D eigenvalue weighted by Crippen LogP contribution is 2.54. The Kier molecular flexibility index (Phi) is 4.69. The number of ketones is 2. The van der Waals surface area contributed by atoms with Crippen LogP contribution in [0.2, 0.25) is 0 Å². The summed E-state index contributed by atoms with van der Waals surface area (Å²) in [6, 6.07) is 0. The van der Waals surface area contributed by atoms with Gasteiger partial charge in [0.2, 0.25) is 17.9 Å². The van der Waals surface area contributed by atoms with E-state index in [1.54, 1.807) is 0 Å². The van der Waals surface area contributed by atoms with Gasteiger partial charge >= 0.3 is 6.16 Å². The van der Waals surface area contributed by atoms with Crippen molar-refractivity contribution in [1.29, 1.82) is 0 Å². The summed E-state index contributed by atoms with van der Waals surface area (Å²) in [6.07, 6.45) is -9.65. The summed E-state index contributed by atoms with van der Waals surface area (Å²) in [5.74, 6) is -4.69. The number of carbonyl (C=O) groups excluding carboxylic acids is 3. The number of ether oxygens (including phenoxy) is 4. The molecule has 2 fully saturated rings. The van der Waals surface area contributed by atoms with Crippen LogP contribution in [0.4, 0.5) is 4.79 Å². The van der Waals surface area contributed by atoms with Crippen molar-refractivity contribution < 1.29 is 58.9 Å². The van der Waals surface area contributed by atoms with E-state index in [0.29, 0.717) is 0 Å². The fourth-order valence-electron chi connectivity index (χ4n) is 4.85. The molecule has 12 nitrogen and oxygen atoms in total. The number of benzene rings is 1. The van der Waals surface area contributed by atoms with Crippen LogP contribution in [0.25, 0.3) is 5.76 Å². The summed E-state index contributed by atoms with van der Waals surface area (Å²) < 4.78 is 21.0. The van der Waals surface area contributed by atoms with Gasteiger partial charge in [0, 0.05) is 12.0 Å². The van der Waals surface area contributed by atoms with Crippen LogP contribution >= 0.6 is 0 Å². The van der Waals surface area contributed by atoms with Gasteiger partial charge in [0.1, 0.15) is 23.4 Å². The minimum Gasteiger partial charge on any atom is -0.507 e. The maximum absolute atomic E-state index is 13.0. The first-order valence-corrected chi connectivity index (χ1v) is 10.2. The van der Waals surface area contributed by atoms with Crippen LogP contribution in [0.15, 0.2) is 5.57 Å². The normalized spacial score (nSPS) is 35.5. The highest BCUT2D eigenvalue weighted by atomic mass is 16.8. The Balaban J connectivity index is 1.73. The molecule has 5 N–H and O–H groups in total. The Morgan fingerprint density at radius 3 is 2.18 bits per heavy atom. The number of rotatable bonds is 1. The molecule has 0 bridgehead atoms. The fraction of sp³-hybridized carbons (Fsp3) is 0.476. The molecule has 1 aromatic carbocycles. The molecule has 3 aliphatic heterocycles. The molecule has 176 valence electrons. The molecule has 1 aromatic rings. The Hall–Kier alpha value is -3.19. The summed E-state index contributed by atoms with van der Waals surface area (Å²) in [5, 5.41) is 53.0. The van der Waals surface area contributed by atoms with Crippen LogP contribution in [-0.2, 0) is 23.7 Å². The van der Waals surface area contributed by atoms with Crippen molar-refractivity contribution in [3.8, 4) is 11.5 Å². The van der Waals surface area contributed by atoms with Crippen molar-refractivity contribution in [3.63, 3.8) is 0 Å². The molecule has 7 atom stereocenters. The standard InChI is InChI=1S/C21H20O12/c1-4-8-12(19-20(31-4)33-21(29)32-19)16(26)10-11(14(8)24)18(28)17(27)9(15(10)25)7-3-6(22)13(23)5(2)30-7/h4-7,13,19-20,22-26H,3H2,1-2H3. The lowest BCUT2D eigenvalue weighted by Gasteiger charge is -2.37. The molecular weight excluding hydrogens is 444 g/mol. The van der Waals surface area contributed by atoms with Crippen LogP contribution in [-0.4, -0.2) is 74.0 Å². The van der Waals surface area contributed by atoms with Crippen LogP contribution in [0.3, 0.4) is 0 Å². The third kappa shape index (κ3) is 2.88. The molecule has 3 heterocycles. The van der Waals surface area contributed by atoms with Gasteiger partial charge in [-0.3, -0.25) is 9.59 Å². The summed E-state index contributed by atoms with van der Waals surface area (Å²) in [4.78, 5) is 37.6. The first-order valence-electron chi connectivity index (χ1n) is 10.2. The SMILES string of the molecule is CC1OC2OC(=O)OC2c2c(O)c3c(c(O)c21)C(=O)C(=O)C(C1CC(O)C(O)C(C)O1)=C3O. The topological polar surface area (TPSA) is 189 Å². The van der Waals surface area contributed by atoms with Crippen molar-refractivity contribution in [3.05, 3.63) is 27.8 Å². The van der Waals surface area contributed by atoms with Gasteiger partial charge < -0.3 is 44.5 Å². The Morgan fingerprint density at radius 1 is 0.848 bits per heavy atom. The number of phenolic OH excluding ortho intramolecular Hbond substituents is 2. The van der Waals surface area contributed by atoms with E-state index < -0.39 is 94.6 Å². The van der Waals surface area contributed by atoms with Crippen molar-refractivity contribution >= 4 is 23.5 Å². The molecule has 0 saturated carbocycles. The van der Waals surface area contributed by atoms with Crippen molar-refractivity contribution in [2.45, 2.75) is 63.2 Å². The van der Waals surface area contributed by atoms with Crippen LogP contribution in [0.5, 0.6) is 11.5 Å². The van der Waals surface area contributed by atoms with Gasteiger partial charge in [0.15, 0.2) is 6.10 Å². The number of Topliss-reactive ketones (excluding diaryl/α,β-unsaturated/α-hetero) is 2. The minimum absolute atomic E-state index is 0.0933. The molecular formula is C21H20O12. The van der Waals surface area contributed by atoms with Crippen molar-refractivity contribution in [2.24, 2.45) is 0 Å². The van der Waals surface area contributed by atoms with E-state index in [0.717, 1.165) is 0 Å². The fourth-order valence-corrected chi connectivity index (χ4v) is 4.85. The highest BCUT2D eigenvalue weighted by Gasteiger charge is 2.52. The number of hydrogen-bond donors (Lipinski definition) is 5. The molecule has 12 heteroatoms. The summed E-state index contributed by atoms with van der Waals surface area (Å²) in [6.45, 7) is 2.91. The highest BCUT2D eigenvalue weighted by molar-refractivity contribution is 6.53. The maximum Gasteiger partial charge on any atom is 0.511 e. The second kappa shape index (κ2) is 7.15. The van der Waals surface area contributed by atoms with Crippen LogP contribution < -0.4 is 0 Å². The molecule has 33 heavy (non-hydrogen) atoms. The van der Waals surface area contributed by atoms with Crippen molar-refractivity contribution in [2.75, 3.05) is 0 Å². The summed E-state index contributed by atoms with van der Waals surface area (Å²) in [7, 11) is 0. The minimum atomic E-state index is -1.30. The second-order valence-electron chi connectivity index (χ2n) is 8.37. The second-order valence-corrected chi connectivity index (χ2v) is 8.37. The molecule has 5 rings (SSSR count). The predicted molar refractivity (Wildman–Crippen MR) is 103 cm³/mol. The molecule has 0 amide bonds. The van der Waals surface area contributed by atoms with Gasteiger partial charge in [-0.25, -0.2) is 4.79 Å². The molecule has 0 radical (unpaired) electrons. The van der Waals surface area contributed by atoms with E-state index in [-0.39, 0.29) is 17.5 Å². The predicted octanol–water partition coefficient (Wildman–Crippen LogP) is 0.657. The number of phenols is 2. The average Bonchev–Trinajstić information content (AvgIpc) is 3.11. The molecule has 2 saturated heterocycles. The monoisotopic (exact) mass is 464 g/mol. The summed E-state index contributed by atoms with van der Waals surface area (Å²) in [5.41, 5.74) is -1.94. The maximum atomic E-state index is 13.0. The van der Waals surface area contributed by atoms with Crippen LogP contribution in [0.1, 0.15) is 59.5 Å². The number of aliphatic hydroxyl groups excluding tert-OH is 3. The smallest absolute Gasteiger partial charge is 0.507 e. The average molecular weight is 464 g/mol. The number of hydrogen-bond acceptors (Lipinski definition) is 12. The molecule has 7 unspecified atom stereocenters. The largest absolute Gasteiger partial charge is 0.511 e. The van der Waals surface area contributed by atoms with Crippen molar-refractivity contribution in [1.82, 2.24) is 0 Å². The zero-order valence-corrected chi connectivity index (χ0v) is 17.3. The lowest BCUT2D eigenvalue weighted by molar-refractivity contribution is -0.153. The van der Waals surface area contributed by atoms with Gasteiger partial charge in [0.05, 0.1) is 46.7 Å². The Bertz CT molecular complexity index is 1120. The van der Waals surface area contributed by atoms with Gasteiger partial charge in [0.25, 0.3) is 0 Å². The molecule has 4 aliphatic rings. The number of carbonyl (C=O) groups is 3. The van der Waals surface area contributed by atoms with Gasteiger partial charge in [-0.05, 0) is 13.8 Å². The van der Waals surface area contributed by atoms with Gasteiger partial charge in [-0.1, -0.05) is 0 Å². The number of fused-ring (bicyclic) bond motifs is 4. The summed E-state index contributed by atoms with van der Waals surface area (Å²) >= 11 is 0. The first-order chi connectivity index (χ1) is 15.5. The van der Waals surface area contributed by atoms with Gasteiger partial charge in [-0.2, -0.15) is 0 Å². The third-order valence-electron chi connectivity index (χ3n) is 6.44. The molecule has 1 aliphatic carbocycles. The molecule has 0 spiro atoms. The van der Waals surface area contributed by atoms with E-state index in [1.165, 1.54) is 13.8 Å². The van der Waals surface area contributed by atoms with E-state index in [1.807, 2.05) is 0 Å². The van der Waals surface area contributed by atoms with E-state index in [9.17, 15) is 39.9 Å².